The lowest BCUT2D eigenvalue weighted by Crippen LogP contribution is -2.23. The van der Waals surface area contributed by atoms with E-state index in [0.717, 1.165) is 29.4 Å². The van der Waals surface area contributed by atoms with Crippen LogP contribution in [0, 0.1) is 23.7 Å². The van der Waals surface area contributed by atoms with Crippen LogP contribution in [0.5, 0.6) is 5.75 Å². The molecule has 2 bridgehead atoms. The van der Waals surface area contributed by atoms with Crippen molar-refractivity contribution in [2.24, 2.45) is 23.7 Å². The van der Waals surface area contributed by atoms with Crippen LogP contribution in [0.3, 0.4) is 0 Å². The predicted octanol–water partition coefficient (Wildman–Crippen LogP) is 5.19. The lowest BCUT2D eigenvalue weighted by molar-refractivity contribution is 0.364. The van der Waals surface area contributed by atoms with Gasteiger partial charge < -0.3 is 4.74 Å². The largest absolute Gasteiger partial charge is 0.497 e. The van der Waals surface area contributed by atoms with Gasteiger partial charge in [0.1, 0.15) is 5.75 Å². The van der Waals surface area contributed by atoms with Gasteiger partial charge in [-0.2, -0.15) is 0 Å². The van der Waals surface area contributed by atoms with Crippen molar-refractivity contribution < 1.29 is 4.74 Å². The molecule has 2 saturated carbocycles. The molecule has 24 heavy (non-hydrogen) atoms. The Morgan fingerprint density at radius 1 is 0.875 bits per heavy atom. The summed E-state index contributed by atoms with van der Waals surface area (Å²) in [5.41, 5.74) is 6.21. The first-order valence-corrected chi connectivity index (χ1v) is 9.27. The molecule has 4 unspecified atom stereocenters. The van der Waals surface area contributed by atoms with Crippen LogP contribution >= 0.6 is 0 Å². The van der Waals surface area contributed by atoms with Crippen molar-refractivity contribution >= 4 is 0 Å². The van der Waals surface area contributed by atoms with Crippen LogP contribution in [-0.2, 0) is 5.41 Å². The highest BCUT2D eigenvalue weighted by Gasteiger charge is 2.58. The zero-order valence-electron chi connectivity index (χ0n) is 14.0. The second-order valence-electron chi connectivity index (χ2n) is 8.22. The van der Waals surface area contributed by atoms with Crippen molar-refractivity contribution in [3.63, 3.8) is 0 Å². The average molecular weight is 314 g/mol. The van der Waals surface area contributed by atoms with Crippen LogP contribution in [0.1, 0.15) is 30.4 Å². The summed E-state index contributed by atoms with van der Waals surface area (Å²) in [6, 6.07) is 15.8. The molecule has 120 valence electrons. The highest BCUT2D eigenvalue weighted by Crippen LogP contribution is 2.67. The van der Waals surface area contributed by atoms with E-state index >= 15 is 0 Å². The summed E-state index contributed by atoms with van der Waals surface area (Å²) in [6.45, 7) is 0. The molecule has 0 saturated heterocycles. The highest BCUT2D eigenvalue weighted by atomic mass is 16.5. The number of ether oxygens (including phenoxy) is 1. The Hall–Kier alpha value is -2.02. The molecule has 5 atom stereocenters. The van der Waals surface area contributed by atoms with E-state index < -0.39 is 0 Å². The Morgan fingerprint density at radius 3 is 2.33 bits per heavy atom. The van der Waals surface area contributed by atoms with Gasteiger partial charge in [0.05, 0.1) is 7.11 Å². The maximum atomic E-state index is 5.58. The lowest BCUT2D eigenvalue weighted by atomic mass is 9.74. The van der Waals surface area contributed by atoms with Gasteiger partial charge in [-0.25, -0.2) is 0 Å². The van der Waals surface area contributed by atoms with Crippen LogP contribution in [0.4, 0.5) is 0 Å². The van der Waals surface area contributed by atoms with E-state index in [4.69, 9.17) is 4.74 Å². The third kappa shape index (κ3) is 1.43. The number of rotatable bonds is 1. The molecule has 1 spiro atoms. The first-order chi connectivity index (χ1) is 11.8. The number of fused-ring (bicyclic) bond motifs is 10. The van der Waals surface area contributed by atoms with Crippen molar-refractivity contribution in [1.29, 1.82) is 0 Å². The molecule has 0 aromatic heterocycles. The SMILES string of the molecule is COc1ccc2c(c1)C1(CC3C4C=C[C@@H](C4)C3C1)c1ccccc1-2. The van der Waals surface area contributed by atoms with Gasteiger partial charge in [0, 0.05) is 5.41 Å². The Kier molecular flexibility index (Phi) is 2.40. The minimum absolute atomic E-state index is 0.221. The molecule has 4 aliphatic rings. The summed E-state index contributed by atoms with van der Waals surface area (Å²) in [7, 11) is 1.78. The molecule has 2 aromatic carbocycles. The molecule has 0 radical (unpaired) electrons. The van der Waals surface area contributed by atoms with E-state index in [9.17, 15) is 0 Å². The third-order valence-corrected chi connectivity index (χ3v) is 7.44. The molecule has 0 amide bonds. The minimum atomic E-state index is 0.221. The average Bonchev–Trinajstić information content (AvgIpc) is 3.37. The summed E-state index contributed by atoms with van der Waals surface area (Å²) in [6.07, 6.45) is 9.08. The second-order valence-corrected chi connectivity index (χ2v) is 8.22. The fourth-order valence-corrected chi connectivity index (χ4v) is 6.52. The first-order valence-electron chi connectivity index (χ1n) is 9.27. The molecular formula is C23H22O. The van der Waals surface area contributed by atoms with Crippen LogP contribution in [0.25, 0.3) is 11.1 Å². The molecule has 1 nitrogen and oxygen atoms in total. The molecule has 6 rings (SSSR count). The van der Waals surface area contributed by atoms with Gasteiger partial charge in [-0.3, -0.25) is 0 Å². The summed E-state index contributed by atoms with van der Waals surface area (Å²) in [5.74, 6) is 4.43. The zero-order valence-corrected chi connectivity index (χ0v) is 14.0. The van der Waals surface area contributed by atoms with Gasteiger partial charge in [0.15, 0.2) is 0 Å². The quantitative estimate of drug-likeness (QED) is 0.658. The van der Waals surface area contributed by atoms with E-state index in [2.05, 4.69) is 54.6 Å². The molecular weight excluding hydrogens is 292 g/mol. The van der Waals surface area contributed by atoms with Crippen molar-refractivity contribution in [2.75, 3.05) is 7.11 Å². The van der Waals surface area contributed by atoms with Crippen LogP contribution in [0.2, 0.25) is 0 Å². The number of hydrogen-bond acceptors (Lipinski definition) is 1. The van der Waals surface area contributed by atoms with E-state index in [0.29, 0.717) is 0 Å². The fraction of sp³-hybridized carbons (Fsp3) is 0.391. The van der Waals surface area contributed by atoms with Crippen molar-refractivity contribution in [3.8, 4) is 16.9 Å². The highest BCUT2D eigenvalue weighted by molar-refractivity contribution is 5.82. The molecule has 0 aliphatic heterocycles. The standard InChI is InChI=1S/C23H22O/c1-24-16-8-9-18-17-4-2-3-5-21(17)23(22(18)11-16)12-19-14-6-7-15(10-14)20(19)13-23/h2-9,11,14-15,19-20H,10,12-13H2,1H3/t14-,15?,19?,20?,23?/m0/s1. The monoisotopic (exact) mass is 314 g/mol. The molecule has 2 aromatic rings. The molecule has 0 N–H and O–H groups in total. The smallest absolute Gasteiger partial charge is 0.119 e. The summed E-state index contributed by atoms with van der Waals surface area (Å²) >= 11 is 0. The summed E-state index contributed by atoms with van der Waals surface area (Å²) in [4.78, 5) is 0. The van der Waals surface area contributed by atoms with Gasteiger partial charge in [-0.1, -0.05) is 42.5 Å². The number of hydrogen-bond donors (Lipinski definition) is 0. The lowest BCUT2D eigenvalue weighted by Gasteiger charge is -2.29. The van der Waals surface area contributed by atoms with E-state index in [1.54, 1.807) is 12.7 Å². The minimum Gasteiger partial charge on any atom is -0.497 e. The van der Waals surface area contributed by atoms with Gasteiger partial charge in [-0.05, 0) is 77.3 Å². The molecule has 2 fully saturated rings. The van der Waals surface area contributed by atoms with Gasteiger partial charge in [-0.15, -0.1) is 0 Å². The van der Waals surface area contributed by atoms with E-state index in [-0.39, 0.29) is 5.41 Å². The fourth-order valence-electron chi connectivity index (χ4n) is 6.52. The number of benzene rings is 2. The summed E-state index contributed by atoms with van der Waals surface area (Å²) < 4.78 is 5.58. The normalized spacial score (nSPS) is 36.9. The number of methoxy groups -OCH3 is 1. The summed E-state index contributed by atoms with van der Waals surface area (Å²) in [5, 5.41) is 0. The number of allylic oxidation sites excluding steroid dienone is 2. The maximum Gasteiger partial charge on any atom is 0.119 e. The van der Waals surface area contributed by atoms with E-state index in [1.165, 1.54) is 36.0 Å². The van der Waals surface area contributed by atoms with Gasteiger partial charge in [0.25, 0.3) is 0 Å². The second kappa shape index (κ2) is 4.33. The third-order valence-electron chi connectivity index (χ3n) is 7.44. The maximum absolute atomic E-state index is 5.58. The Balaban J connectivity index is 1.57. The zero-order chi connectivity index (χ0) is 15.9. The van der Waals surface area contributed by atoms with E-state index in [1.807, 2.05) is 0 Å². The Morgan fingerprint density at radius 2 is 1.58 bits per heavy atom. The Labute approximate surface area is 143 Å². The molecule has 4 aliphatic carbocycles. The molecule has 0 heterocycles. The van der Waals surface area contributed by atoms with Crippen molar-refractivity contribution in [2.45, 2.75) is 24.7 Å². The van der Waals surface area contributed by atoms with Crippen LogP contribution in [0.15, 0.2) is 54.6 Å². The Bertz CT molecular complexity index is 857. The van der Waals surface area contributed by atoms with Crippen molar-refractivity contribution in [1.82, 2.24) is 0 Å². The van der Waals surface area contributed by atoms with Crippen LogP contribution < -0.4 is 4.74 Å². The first kappa shape index (κ1) is 13.3. The van der Waals surface area contributed by atoms with Crippen LogP contribution in [-0.4, -0.2) is 7.11 Å². The van der Waals surface area contributed by atoms with Gasteiger partial charge >= 0.3 is 0 Å². The van der Waals surface area contributed by atoms with Gasteiger partial charge in [0.2, 0.25) is 0 Å². The molecule has 1 heteroatoms. The predicted molar refractivity (Wildman–Crippen MR) is 96.2 cm³/mol. The van der Waals surface area contributed by atoms with Crippen molar-refractivity contribution in [3.05, 3.63) is 65.7 Å². The topological polar surface area (TPSA) is 9.23 Å².